The number of esters is 2. The molecule has 1 aromatic heterocycles. The third-order valence-corrected chi connectivity index (χ3v) is 7.73. The summed E-state index contributed by atoms with van der Waals surface area (Å²) in [5.74, 6) is 0.142. The van der Waals surface area contributed by atoms with Crippen molar-refractivity contribution in [2.75, 3.05) is 34.0 Å². The van der Waals surface area contributed by atoms with Crippen molar-refractivity contribution in [2.45, 2.75) is 39.7 Å². The van der Waals surface area contributed by atoms with E-state index in [4.69, 9.17) is 40.3 Å². The van der Waals surface area contributed by atoms with Crippen molar-refractivity contribution in [1.29, 1.82) is 0 Å². The van der Waals surface area contributed by atoms with Crippen LogP contribution in [0.2, 0.25) is 5.02 Å². The lowest BCUT2D eigenvalue weighted by molar-refractivity contribution is -0.145. The maximum Gasteiger partial charge on any atom is 0.344 e. The Morgan fingerprint density at radius 1 is 1.00 bits per heavy atom. The van der Waals surface area contributed by atoms with Gasteiger partial charge in [0.05, 0.1) is 43.2 Å². The number of fused-ring (bicyclic) bond motifs is 1. The second-order valence-corrected chi connectivity index (χ2v) is 10.7. The number of methoxy groups -OCH3 is 2. The van der Waals surface area contributed by atoms with Gasteiger partial charge in [0, 0.05) is 10.6 Å². The molecule has 10 nitrogen and oxygen atoms in total. The fourth-order valence-electron chi connectivity index (χ4n) is 4.72. The Bertz CT molecular complexity index is 1730. The van der Waals surface area contributed by atoms with Gasteiger partial charge in [-0.3, -0.25) is 9.36 Å². The van der Waals surface area contributed by atoms with Crippen LogP contribution in [0.3, 0.4) is 0 Å². The van der Waals surface area contributed by atoms with Gasteiger partial charge in [-0.2, -0.15) is 0 Å². The number of nitrogens with zero attached hydrogens (tertiary/aromatic N) is 2. The molecule has 0 saturated heterocycles. The Labute approximate surface area is 257 Å². The lowest BCUT2D eigenvalue weighted by atomic mass is 9.93. The average molecular weight is 629 g/mol. The van der Waals surface area contributed by atoms with Crippen molar-refractivity contribution < 1.29 is 33.3 Å². The summed E-state index contributed by atoms with van der Waals surface area (Å²) < 4.78 is 28.9. The second kappa shape index (κ2) is 14.4. The van der Waals surface area contributed by atoms with Crippen molar-refractivity contribution in [1.82, 2.24) is 4.57 Å². The maximum absolute atomic E-state index is 14.1. The standard InChI is InChI=1S/C31H33ClN2O8S/c1-6-9-21-27(30(37)41-8-3)28(20-16-19(32)11-13-22(20)38-4)34-29(36)25(43-31(34)33-21)15-18-10-12-23(24(14-18)39-5)42-17-26(35)40-7-2/h10-16,28H,6-9,17H2,1-5H3/b25-15+/t28-/m1/s1. The number of carbonyl (C=O) groups is 2. The van der Waals surface area contributed by atoms with Crippen molar-refractivity contribution in [3.63, 3.8) is 0 Å². The first-order valence-electron chi connectivity index (χ1n) is 13.8. The molecule has 0 bridgehead atoms. The molecule has 12 heteroatoms. The van der Waals surface area contributed by atoms with Crippen LogP contribution in [0.25, 0.3) is 6.08 Å². The topological polar surface area (TPSA) is 115 Å². The van der Waals surface area contributed by atoms with Crippen LogP contribution in [-0.2, 0) is 19.1 Å². The molecule has 4 rings (SSSR count). The number of allylic oxidation sites excluding steroid dienone is 1. The minimum absolute atomic E-state index is 0.160. The number of carbonyl (C=O) groups excluding carboxylic acids is 2. The molecule has 3 aromatic rings. The molecule has 0 saturated carbocycles. The van der Waals surface area contributed by atoms with Crippen LogP contribution in [0.5, 0.6) is 17.2 Å². The van der Waals surface area contributed by atoms with E-state index in [1.807, 2.05) is 6.92 Å². The molecule has 2 heterocycles. The van der Waals surface area contributed by atoms with Crippen LogP contribution >= 0.6 is 22.9 Å². The number of hydrogen-bond donors (Lipinski definition) is 0. The van der Waals surface area contributed by atoms with E-state index in [1.54, 1.807) is 56.3 Å². The van der Waals surface area contributed by atoms with Crippen LogP contribution in [0.4, 0.5) is 0 Å². The highest BCUT2D eigenvalue weighted by atomic mass is 35.5. The minimum atomic E-state index is -0.874. The number of benzene rings is 2. The lowest BCUT2D eigenvalue weighted by Crippen LogP contribution is -2.40. The molecule has 43 heavy (non-hydrogen) atoms. The molecular formula is C31H33ClN2O8S. The molecule has 2 aromatic carbocycles. The fourth-order valence-corrected chi connectivity index (χ4v) is 5.92. The van der Waals surface area contributed by atoms with Crippen LogP contribution in [0.1, 0.15) is 50.8 Å². The van der Waals surface area contributed by atoms with Crippen molar-refractivity contribution in [3.05, 3.63) is 83.5 Å². The van der Waals surface area contributed by atoms with E-state index < -0.39 is 18.0 Å². The van der Waals surface area contributed by atoms with E-state index in [1.165, 1.54) is 30.1 Å². The third kappa shape index (κ3) is 6.94. The van der Waals surface area contributed by atoms with E-state index in [0.717, 1.165) is 6.42 Å². The molecule has 0 spiro atoms. The van der Waals surface area contributed by atoms with Gasteiger partial charge in [0.25, 0.3) is 5.56 Å². The Kier molecular flexibility index (Phi) is 10.7. The zero-order chi connectivity index (χ0) is 31.1. The largest absolute Gasteiger partial charge is 0.496 e. The number of ether oxygens (including phenoxy) is 5. The molecule has 0 aliphatic carbocycles. The number of rotatable bonds is 12. The Balaban J connectivity index is 1.88. The highest BCUT2D eigenvalue weighted by Gasteiger charge is 2.36. The molecule has 0 N–H and O–H groups in total. The summed E-state index contributed by atoms with van der Waals surface area (Å²) in [5, 5.41) is 0.424. The first kappa shape index (κ1) is 31.8. The highest BCUT2D eigenvalue weighted by Crippen LogP contribution is 2.38. The molecule has 0 radical (unpaired) electrons. The summed E-state index contributed by atoms with van der Waals surface area (Å²) in [4.78, 5) is 44.4. The van der Waals surface area contributed by atoms with Crippen molar-refractivity contribution >= 4 is 41.0 Å². The van der Waals surface area contributed by atoms with Gasteiger partial charge in [-0.15, -0.1) is 0 Å². The van der Waals surface area contributed by atoms with Crippen molar-refractivity contribution in [3.8, 4) is 17.2 Å². The SMILES string of the molecule is CCCC1=C(C(=O)OCC)[C@@H](c2cc(Cl)ccc2OC)n2c(s/c(=C/c3ccc(OCC(=O)OCC)c(OC)c3)c2=O)=N1. The van der Waals surface area contributed by atoms with Gasteiger partial charge in [0.2, 0.25) is 0 Å². The second-order valence-electron chi connectivity index (χ2n) is 9.30. The molecule has 0 unspecified atom stereocenters. The molecular weight excluding hydrogens is 596 g/mol. The molecule has 0 amide bonds. The van der Waals surface area contributed by atoms with Gasteiger partial charge < -0.3 is 23.7 Å². The van der Waals surface area contributed by atoms with Crippen LogP contribution in [0.15, 0.2) is 57.5 Å². The smallest absolute Gasteiger partial charge is 0.344 e. The number of hydrogen-bond acceptors (Lipinski definition) is 10. The number of halogens is 1. The van der Waals surface area contributed by atoms with E-state index in [9.17, 15) is 14.4 Å². The zero-order valence-corrected chi connectivity index (χ0v) is 26.2. The van der Waals surface area contributed by atoms with Gasteiger partial charge in [0.1, 0.15) is 11.8 Å². The summed E-state index contributed by atoms with van der Waals surface area (Å²) in [5.41, 5.74) is 1.66. The number of thiazole rings is 1. The third-order valence-electron chi connectivity index (χ3n) is 6.51. The Morgan fingerprint density at radius 3 is 2.40 bits per heavy atom. The summed E-state index contributed by atoms with van der Waals surface area (Å²) in [6.07, 6.45) is 2.94. The maximum atomic E-state index is 14.1. The lowest BCUT2D eigenvalue weighted by Gasteiger charge is -2.27. The minimum Gasteiger partial charge on any atom is -0.496 e. The Hall–Kier alpha value is -4.09. The van der Waals surface area contributed by atoms with Crippen molar-refractivity contribution in [2.24, 2.45) is 4.99 Å². The van der Waals surface area contributed by atoms with Gasteiger partial charge in [-0.05, 0) is 62.2 Å². The number of aromatic nitrogens is 1. The van der Waals surface area contributed by atoms with E-state index in [2.05, 4.69) is 0 Å². The summed E-state index contributed by atoms with van der Waals surface area (Å²) in [6.45, 7) is 5.58. The highest BCUT2D eigenvalue weighted by molar-refractivity contribution is 7.07. The molecule has 1 aliphatic rings. The summed E-state index contributed by atoms with van der Waals surface area (Å²) in [7, 11) is 3.00. The quantitative estimate of drug-likeness (QED) is 0.274. The molecule has 1 aliphatic heterocycles. The molecule has 1 atom stereocenters. The van der Waals surface area contributed by atoms with Gasteiger partial charge >= 0.3 is 11.9 Å². The van der Waals surface area contributed by atoms with E-state index in [-0.39, 0.29) is 31.0 Å². The summed E-state index contributed by atoms with van der Waals surface area (Å²) in [6, 6.07) is 9.29. The molecule has 228 valence electrons. The average Bonchev–Trinajstić information content (AvgIpc) is 3.30. The van der Waals surface area contributed by atoms with E-state index >= 15 is 0 Å². The van der Waals surface area contributed by atoms with Crippen LogP contribution < -0.4 is 29.1 Å². The van der Waals surface area contributed by atoms with Crippen LogP contribution in [-0.4, -0.2) is 50.5 Å². The van der Waals surface area contributed by atoms with E-state index in [0.29, 0.717) is 54.8 Å². The monoisotopic (exact) mass is 628 g/mol. The normalized spacial score (nSPS) is 14.6. The predicted octanol–water partition coefficient (Wildman–Crippen LogP) is 4.19. The Morgan fingerprint density at radius 2 is 1.72 bits per heavy atom. The van der Waals surface area contributed by atoms with Crippen LogP contribution in [0, 0.1) is 0 Å². The first-order valence-corrected chi connectivity index (χ1v) is 15.0. The van der Waals surface area contributed by atoms with Gasteiger partial charge in [-0.25, -0.2) is 14.6 Å². The fraction of sp³-hybridized carbons (Fsp3) is 0.355. The van der Waals surface area contributed by atoms with Gasteiger partial charge in [-0.1, -0.05) is 42.3 Å². The van der Waals surface area contributed by atoms with Gasteiger partial charge in [0.15, 0.2) is 22.9 Å². The first-order chi connectivity index (χ1) is 20.8. The summed E-state index contributed by atoms with van der Waals surface area (Å²) >= 11 is 7.61. The molecule has 0 fully saturated rings. The predicted molar refractivity (Wildman–Crippen MR) is 163 cm³/mol. The zero-order valence-electron chi connectivity index (χ0n) is 24.6.